The average Bonchev–Trinajstić information content (AvgIpc) is 2.50. The van der Waals surface area contributed by atoms with Crippen molar-refractivity contribution < 1.29 is 70.6 Å². The van der Waals surface area contributed by atoms with E-state index in [1.54, 1.807) is 0 Å². The van der Waals surface area contributed by atoms with E-state index in [1.165, 1.54) is 0 Å². The minimum atomic E-state index is -3.04. The first-order valence-corrected chi connectivity index (χ1v) is 6.74. The lowest BCUT2D eigenvalue weighted by Crippen LogP contribution is -2.51. The number of esters is 1. The average molecular weight is 390 g/mol. The molecule has 0 fully saturated rings. The zero-order valence-corrected chi connectivity index (χ0v) is 13.2. The van der Waals surface area contributed by atoms with Crippen molar-refractivity contribution in [2.24, 2.45) is 0 Å². The van der Waals surface area contributed by atoms with Crippen LogP contribution in [0.2, 0.25) is 0 Å². The molecule has 0 aromatic carbocycles. The van der Waals surface area contributed by atoms with E-state index in [0.29, 0.717) is 0 Å². The first-order valence-electron chi connectivity index (χ1n) is 6.74. The van der Waals surface area contributed by atoms with Crippen LogP contribution < -0.4 is 0 Å². The zero-order chi connectivity index (χ0) is 19.9. The van der Waals surface area contributed by atoms with E-state index in [2.05, 4.69) is 4.74 Å². The molecule has 0 heterocycles. The SMILES string of the molecule is O.O=C(O)CC(O)(CC(=O)OC(O)[C@@H](O)[C@@H](O)[C@H](O)[C@H](O)CO)C(=O)O. The smallest absolute Gasteiger partial charge is 0.336 e. The van der Waals surface area contributed by atoms with Gasteiger partial charge in [-0.1, -0.05) is 0 Å². The number of hydrogen-bond acceptors (Lipinski definition) is 11. The van der Waals surface area contributed by atoms with Crippen molar-refractivity contribution in [3.05, 3.63) is 0 Å². The lowest BCUT2D eigenvalue weighted by atomic mass is 9.96. The number of carboxylic acids is 2. The van der Waals surface area contributed by atoms with Gasteiger partial charge < -0.3 is 56.2 Å². The lowest BCUT2D eigenvalue weighted by Gasteiger charge is -2.28. The predicted molar refractivity (Wildman–Crippen MR) is 76.3 cm³/mol. The molecule has 0 bridgehead atoms. The molecule has 6 atom stereocenters. The topological polar surface area (TPSA) is 274 Å². The van der Waals surface area contributed by atoms with E-state index < -0.39 is 73.7 Å². The Morgan fingerprint density at radius 3 is 1.77 bits per heavy atom. The van der Waals surface area contributed by atoms with Crippen LogP contribution in [-0.2, 0) is 19.1 Å². The molecule has 0 amide bonds. The summed E-state index contributed by atoms with van der Waals surface area (Å²) in [5.74, 6) is -5.43. The fourth-order valence-corrected chi connectivity index (χ4v) is 1.66. The summed E-state index contributed by atoms with van der Waals surface area (Å²) in [6.45, 7) is -0.998. The van der Waals surface area contributed by atoms with Gasteiger partial charge in [0.05, 0.1) is 19.4 Å². The van der Waals surface area contributed by atoms with E-state index in [9.17, 15) is 39.9 Å². The van der Waals surface area contributed by atoms with Gasteiger partial charge in [-0.15, -0.1) is 0 Å². The van der Waals surface area contributed by atoms with Gasteiger partial charge in [0.15, 0.2) is 5.60 Å². The summed E-state index contributed by atoms with van der Waals surface area (Å²) in [4.78, 5) is 32.9. The summed E-state index contributed by atoms with van der Waals surface area (Å²) in [7, 11) is 0. The summed E-state index contributed by atoms with van der Waals surface area (Å²) in [6.07, 6.45) is -14.0. The largest absolute Gasteiger partial charge is 0.481 e. The molecule has 0 aliphatic rings. The third-order valence-corrected chi connectivity index (χ3v) is 3.10. The number of ether oxygens (including phenoxy) is 1. The van der Waals surface area contributed by atoms with Crippen LogP contribution >= 0.6 is 0 Å². The summed E-state index contributed by atoms with van der Waals surface area (Å²) < 4.78 is 4.16. The minimum Gasteiger partial charge on any atom is -0.481 e. The number of hydrogen-bond donors (Lipinski definition) is 9. The first-order chi connectivity index (χ1) is 11.4. The van der Waals surface area contributed by atoms with Gasteiger partial charge in [0.1, 0.15) is 24.4 Å². The van der Waals surface area contributed by atoms with Crippen LogP contribution in [0, 0.1) is 0 Å². The number of aliphatic carboxylic acids is 2. The van der Waals surface area contributed by atoms with Gasteiger partial charge in [-0.05, 0) is 0 Å². The standard InChI is InChI=1S/C12H20O13.H2O/c13-3-4(14)7(18)8(19)9(20)10(21)25-6(17)2-12(24,11(22)23)1-5(15)16;/h4,7-10,13-14,18-21,24H,1-3H2,(H,15,16)(H,22,23);1H2/t4-,7-,8+,9+,10?,12?;/m1./s1. The monoisotopic (exact) mass is 390 g/mol. The van der Waals surface area contributed by atoms with Crippen LogP contribution in [0.5, 0.6) is 0 Å². The summed E-state index contributed by atoms with van der Waals surface area (Å²) >= 11 is 0. The fraction of sp³-hybridized carbons (Fsp3) is 0.750. The molecule has 154 valence electrons. The highest BCUT2D eigenvalue weighted by Gasteiger charge is 2.43. The van der Waals surface area contributed by atoms with Gasteiger partial charge in [0, 0.05) is 0 Å². The second-order valence-corrected chi connectivity index (χ2v) is 5.19. The molecule has 26 heavy (non-hydrogen) atoms. The van der Waals surface area contributed by atoms with Gasteiger partial charge in [0.2, 0.25) is 6.29 Å². The number of carboxylic acid groups (broad SMARTS) is 2. The molecule has 0 saturated carbocycles. The summed E-state index contributed by atoms with van der Waals surface area (Å²) in [5, 5.41) is 82.3. The Labute approximate surface area is 145 Å². The van der Waals surface area contributed by atoms with Crippen LogP contribution in [0.4, 0.5) is 0 Å². The Morgan fingerprint density at radius 1 is 0.885 bits per heavy atom. The van der Waals surface area contributed by atoms with Crippen molar-refractivity contribution >= 4 is 17.9 Å². The molecule has 0 aliphatic heterocycles. The van der Waals surface area contributed by atoms with Crippen molar-refractivity contribution in [2.45, 2.75) is 49.1 Å². The number of carbonyl (C=O) groups is 3. The molecule has 0 saturated heterocycles. The molecule has 0 radical (unpaired) electrons. The van der Waals surface area contributed by atoms with Gasteiger partial charge in [-0.2, -0.15) is 0 Å². The van der Waals surface area contributed by atoms with Gasteiger partial charge in [-0.25, -0.2) is 4.79 Å². The van der Waals surface area contributed by atoms with Gasteiger partial charge >= 0.3 is 17.9 Å². The van der Waals surface area contributed by atoms with E-state index in [1.807, 2.05) is 0 Å². The fourth-order valence-electron chi connectivity index (χ4n) is 1.66. The maximum atomic E-state index is 11.5. The van der Waals surface area contributed by atoms with Crippen molar-refractivity contribution in [2.75, 3.05) is 6.61 Å². The van der Waals surface area contributed by atoms with Crippen molar-refractivity contribution in [3.8, 4) is 0 Å². The van der Waals surface area contributed by atoms with Crippen LogP contribution in [0.3, 0.4) is 0 Å². The number of carbonyl (C=O) groups excluding carboxylic acids is 1. The molecule has 14 nitrogen and oxygen atoms in total. The molecule has 0 aliphatic carbocycles. The normalized spacial score (nSPS) is 19.0. The molecule has 0 spiro atoms. The van der Waals surface area contributed by atoms with Crippen molar-refractivity contribution in [1.29, 1.82) is 0 Å². The molecule has 2 unspecified atom stereocenters. The second kappa shape index (κ2) is 10.9. The van der Waals surface area contributed by atoms with Crippen LogP contribution in [-0.4, -0.2) is 112 Å². The number of aliphatic hydroxyl groups is 7. The highest BCUT2D eigenvalue weighted by Crippen LogP contribution is 2.18. The minimum absolute atomic E-state index is 0. The molecular weight excluding hydrogens is 368 g/mol. The third-order valence-electron chi connectivity index (χ3n) is 3.10. The van der Waals surface area contributed by atoms with E-state index in [-0.39, 0.29) is 5.48 Å². The predicted octanol–water partition coefficient (Wildman–Crippen LogP) is -5.86. The molecule has 11 N–H and O–H groups in total. The Hall–Kier alpha value is -1.91. The number of aliphatic hydroxyl groups excluding tert-OH is 6. The van der Waals surface area contributed by atoms with E-state index >= 15 is 0 Å². The molecule has 14 heteroatoms. The van der Waals surface area contributed by atoms with Gasteiger partial charge in [0.25, 0.3) is 0 Å². The lowest BCUT2D eigenvalue weighted by molar-refractivity contribution is -0.217. The highest BCUT2D eigenvalue weighted by molar-refractivity contribution is 5.88. The molecule has 0 aromatic heterocycles. The quantitative estimate of drug-likeness (QED) is 0.117. The van der Waals surface area contributed by atoms with E-state index in [4.69, 9.17) is 20.4 Å². The second-order valence-electron chi connectivity index (χ2n) is 5.19. The van der Waals surface area contributed by atoms with Gasteiger partial charge in [-0.3, -0.25) is 9.59 Å². The van der Waals surface area contributed by atoms with Crippen LogP contribution in [0.15, 0.2) is 0 Å². The maximum absolute atomic E-state index is 11.5. The summed E-state index contributed by atoms with van der Waals surface area (Å²) in [5.41, 5.74) is -3.04. The van der Waals surface area contributed by atoms with E-state index in [0.717, 1.165) is 0 Å². The highest BCUT2D eigenvalue weighted by atomic mass is 16.6. The van der Waals surface area contributed by atoms with Crippen molar-refractivity contribution in [1.82, 2.24) is 0 Å². The maximum Gasteiger partial charge on any atom is 0.336 e. The number of rotatable bonds is 11. The molecular formula is C12H22O14. The molecule has 0 rings (SSSR count). The van der Waals surface area contributed by atoms with Crippen molar-refractivity contribution in [3.63, 3.8) is 0 Å². The molecule has 0 aromatic rings. The zero-order valence-electron chi connectivity index (χ0n) is 13.2. The Kier molecular flexibility index (Phi) is 11.1. The van der Waals surface area contributed by atoms with Crippen LogP contribution in [0.1, 0.15) is 12.8 Å². The first kappa shape index (κ1) is 26.3. The summed E-state index contributed by atoms with van der Waals surface area (Å²) in [6, 6.07) is 0. The third kappa shape index (κ3) is 7.54. The Morgan fingerprint density at radius 2 is 1.38 bits per heavy atom. The van der Waals surface area contributed by atoms with Crippen LogP contribution in [0.25, 0.3) is 0 Å². The Balaban J connectivity index is 0. The Bertz CT molecular complexity index is 481.